The van der Waals surface area contributed by atoms with Gasteiger partial charge < -0.3 is 4.74 Å². The van der Waals surface area contributed by atoms with Crippen molar-refractivity contribution in [3.05, 3.63) is 39.9 Å². The van der Waals surface area contributed by atoms with Crippen molar-refractivity contribution in [2.45, 2.75) is 81.8 Å². The second-order valence-electron chi connectivity index (χ2n) is 6.80. The molecule has 4 atom stereocenters. The lowest BCUT2D eigenvalue weighted by Crippen LogP contribution is -2.48. The van der Waals surface area contributed by atoms with E-state index in [1.54, 1.807) is 0 Å². The molecule has 1 saturated carbocycles. The van der Waals surface area contributed by atoms with Gasteiger partial charge in [0.25, 0.3) is 0 Å². The molecule has 24 heavy (non-hydrogen) atoms. The number of nitro groups is 1. The minimum absolute atomic E-state index is 0.0581. The maximum Gasteiger partial charge on any atom is 0.218 e. The Labute approximate surface area is 149 Å². The molecule has 0 aliphatic heterocycles. The van der Waals surface area contributed by atoms with Gasteiger partial charge >= 0.3 is 0 Å². The summed E-state index contributed by atoms with van der Waals surface area (Å²) in [6, 6.07) is 8.02. The highest BCUT2D eigenvalue weighted by atomic mass is 32.2. The molecule has 1 aliphatic carbocycles. The molecule has 0 aromatic heterocycles. The van der Waals surface area contributed by atoms with E-state index in [-0.39, 0.29) is 28.3 Å². The molecule has 0 spiro atoms. The van der Waals surface area contributed by atoms with Crippen molar-refractivity contribution in [2.24, 2.45) is 5.92 Å². The van der Waals surface area contributed by atoms with Crippen LogP contribution >= 0.6 is 11.8 Å². The summed E-state index contributed by atoms with van der Waals surface area (Å²) in [4.78, 5) is 12.5. The zero-order valence-electron chi connectivity index (χ0n) is 15.1. The van der Waals surface area contributed by atoms with E-state index < -0.39 is 6.04 Å². The molecule has 0 radical (unpaired) electrons. The van der Waals surface area contributed by atoms with Gasteiger partial charge in [0.1, 0.15) is 0 Å². The van der Waals surface area contributed by atoms with E-state index >= 15 is 0 Å². The summed E-state index contributed by atoms with van der Waals surface area (Å²) in [5.74, 6) is -0.0581. The molecule has 134 valence electrons. The maximum absolute atomic E-state index is 11.4. The normalized spacial score (nSPS) is 27.4. The van der Waals surface area contributed by atoms with E-state index in [0.717, 1.165) is 19.3 Å². The zero-order valence-corrected chi connectivity index (χ0v) is 15.9. The third kappa shape index (κ3) is 4.73. The Balaban J connectivity index is 2.16. The standard InChI is InChI=1S/C19H29NO3S/c1-5-15(6-2)23-19-14(4)17(20(21)22)11-12-18(19)24-16-9-7-13(3)8-10-16/h7-10,14-15,17-19H,5-6,11-12H2,1-4H3/t14-,17+,18-,19+/m1/s1. The topological polar surface area (TPSA) is 52.4 Å². The van der Waals surface area contributed by atoms with Crippen LogP contribution in [0, 0.1) is 23.0 Å². The van der Waals surface area contributed by atoms with Gasteiger partial charge in [-0.2, -0.15) is 0 Å². The summed E-state index contributed by atoms with van der Waals surface area (Å²) < 4.78 is 6.37. The fraction of sp³-hybridized carbons (Fsp3) is 0.684. The molecule has 0 bridgehead atoms. The van der Waals surface area contributed by atoms with Crippen molar-refractivity contribution in [3.63, 3.8) is 0 Å². The minimum Gasteiger partial charge on any atom is -0.373 e. The van der Waals surface area contributed by atoms with E-state index in [1.165, 1.54) is 10.5 Å². The van der Waals surface area contributed by atoms with E-state index in [1.807, 2.05) is 18.7 Å². The third-order valence-corrected chi connectivity index (χ3v) is 6.43. The van der Waals surface area contributed by atoms with Crippen molar-refractivity contribution in [1.82, 2.24) is 0 Å². The fourth-order valence-corrected chi connectivity index (χ4v) is 4.79. The molecular weight excluding hydrogens is 322 g/mol. The summed E-state index contributed by atoms with van der Waals surface area (Å²) in [5.41, 5.74) is 1.25. The van der Waals surface area contributed by atoms with E-state index in [0.29, 0.717) is 6.42 Å². The van der Waals surface area contributed by atoms with E-state index in [9.17, 15) is 10.1 Å². The number of hydrogen-bond donors (Lipinski definition) is 0. The summed E-state index contributed by atoms with van der Waals surface area (Å²) in [6.45, 7) is 8.31. The van der Waals surface area contributed by atoms with Crippen molar-refractivity contribution in [3.8, 4) is 0 Å². The number of benzene rings is 1. The van der Waals surface area contributed by atoms with Gasteiger partial charge in [-0.15, -0.1) is 11.8 Å². The van der Waals surface area contributed by atoms with Gasteiger partial charge in [0.15, 0.2) is 0 Å². The summed E-state index contributed by atoms with van der Waals surface area (Å²) in [6.07, 6.45) is 3.49. The van der Waals surface area contributed by atoms with Crippen molar-refractivity contribution < 1.29 is 9.66 Å². The summed E-state index contributed by atoms with van der Waals surface area (Å²) >= 11 is 1.81. The second-order valence-corrected chi connectivity index (χ2v) is 8.11. The largest absolute Gasteiger partial charge is 0.373 e. The van der Waals surface area contributed by atoms with Gasteiger partial charge in [-0.1, -0.05) is 38.5 Å². The van der Waals surface area contributed by atoms with Gasteiger partial charge in [0.2, 0.25) is 6.04 Å². The molecule has 0 saturated heterocycles. The Morgan fingerprint density at radius 2 is 1.88 bits per heavy atom. The van der Waals surface area contributed by atoms with Crippen LogP contribution < -0.4 is 0 Å². The van der Waals surface area contributed by atoms with Crippen LogP contribution in [0.4, 0.5) is 0 Å². The number of thioether (sulfide) groups is 1. The monoisotopic (exact) mass is 351 g/mol. The third-order valence-electron chi connectivity index (χ3n) is 5.08. The van der Waals surface area contributed by atoms with Gasteiger partial charge in [0.05, 0.1) is 18.1 Å². The Hall–Kier alpha value is -1.07. The van der Waals surface area contributed by atoms with E-state index in [2.05, 4.69) is 45.0 Å². The zero-order chi connectivity index (χ0) is 17.7. The van der Waals surface area contributed by atoms with Crippen LogP contribution in [0.2, 0.25) is 0 Å². The molecule has 1 aromatic rings. The minimum atomic E-state index is -0.487. The highest BCUT2D eigenvalue weighted by molar-refractivity contribution is 8.00. The molecule has 0 amide bonds. The second kappa shape index (κ2) is 8.86. The first kappa shape index (κ1) is 19.3. The van der Waals surface area contributed by atoms with Gasteiger partial charge in [-0.05, 0) is 38.3 Å². The molecule has 2 rings (SSSR count). The predicted octanol–water partition coefficient (Wildman–Crippen LogP) is 5.10. The molecule has 1 aromatic carbocycles. The van der Waals surface area contributed by atoms with Crippen LogP contribution in [0.15, 0.2) is 29.2 Å². The summed E-state index contributed by atoms with van der Waals surface area (Å²) in [7, 11) is 0. The Kier molecular flexibility index (Phi) is 7.11. The highest BCUT2D eigenvalue weighted by Crippen LogP contribution is 2.40. The van der Waals surface area contributed by atoms with Gasteiger partial charge in [-0.25, -0.2) is 0 Å². The number of nitrogens with zero attached hydrogens (tertiary/aromatic N) is 1. The Morgan fingerprint density at radius 3 is 2.42 bits per heavy atom. The number of rotatable bonds is 7. The first-order valence-electron chi connectivity index (χ1n) is 8.98. The van der Waals surface area contributed by atoms with Crippen molar-refractivity contribution in [1.29, 1.82) is 0 Å². The molecule has 5 heteroatoms. The van der Waals surface area contributed by atoms with E-state index in [4.69, 9.17) is 4.74 Å². The van der Waals surface area contributed by atoms with Gasteiger partial charge in [0, 0.05) is 21.5 Å². The highest BCUT2D eigenvalue weighted by Gasteiger charge is 2.44. The maximum atomic E-state index is 11.4. The molecular formula is C19H29NO3S. The molecule has 1 aliphatic rings. The van der Waals surface area contributed by atoms with Crippen LogP contribution in [0.25, 0.3) is 0 Å². The molecule has 1 fully saturated rings. The van der Waals surface area contributed by atoms with Gasteiger partial charge in [-0.3, -0.25) is 10.1 Å². The van der Waals surface area contributed by atoms with Crippen LogP contribution in [-0.2, 0) is 4.74 Å². The quantitative estimate of drug-likeness (QED) is 0.506. The van der Waals surface area contributed by atoms with Crippen LogP contribution in [0.3, 0.4) is 0 Å². The Bertz CT molecular complexity index is 530. The lowest BCUT2D eigenvalue weighted by atomic mass is 9.83. The molecule has 0 heterocycles. The molecule has 0 N–H and O–H groups in total. The van der Waals surface area contributed by atoms with Crippen LogP contribution in [0.5, 0.6) is 0 Å². The van der Waals surface area contributed by atoms with Crippen LogP contribution in [0.1, 0.15) is 52.0 Å². The first-order valence-corrected chi connectivity index (χ1v) is 9.86. The molecule has 0 unspecified atom stereocenters. The number of hydrogen-bond acceptors (Lipinski definition) is 4. The lowest BCUT2D eigenvalue weighted by molar-refractivity contribution is -0.537. The first-order chi connectivity index (χ1) is 11.5. The summed E-state index contributed by atoms with van der Waals surface area (Å²) in [5, 5.41) is 11.7. The van der Waals surface area contributed by atoms with Crippen molar-refractivity contribution >= 4 is 11.8 Å². The van der Waals surface area contributed by atoms with Crippen LogP contribution in [-0.4, -0.2) is 28.4 Å². The average molecular weight is 352 g/mol. The predicted molar refractivity (Wildman–Crippen MR) is 99.2 cm³/mol. The molecule has 4 nitrogen and oxygen atoms in total. The number of aryl methyl sites for hydroxylation is 1. The Morgan fingerprint density at radius 1 is 1.25 bits per heavy atom. The smallest absolute Gasteiger partial charge is 0.218 e. The fourth-order valence-electron chi connectivity index (χ4n) is 3.45. The average Bonchev–Trinajstić information content (AvgIpc) is 2.56. The van der Waals surface area contributed by atoms with Crippen molar-refractivity contribution in [2.75, 3.05) is 0 Å². The SMILES string of the molecule is CCC(CC)O[C@H]1[C@H](C)[C@@H]([N+](=O)[O-])CC[C@H]1Sc1ccc(C)cc1. The number of ether oxygens (including phenoxy) is 1. The lowest BCUT2D eigenvalue weighted by Gasteiger charge is -2.39.